The van der Waals surface area contributed by atoms with Crippen molar-refractivity contribution in [1.29, 1.82) is 0 Å². The summed E-state index contributed by atoms with van der Waals surface area (Å²) in [6, 6.07) is 4.33. The number of hydrogen-bond donors (Lipinski definition) is 1. The first-order chi connectivity index (χ1) is 9.49. The molecule has 0 aliphatic carbocycles. The third-order valence-corrected chi connectivity index (χ3v) is 4.13. The van der Waals surface area contributed by atoms with Crippen LogP contribution in [-0.2, 0) is 14.8 Å². The van der Waals surface area contributed by atoms with Gasteiger partial charge in [-0.15, -0.1) is 0 Å². The molecule has 7 nitrogen and oxygen atoms in total. The van der Waals surface area contributed by atoms with Gasteiger partial charge in [-0.1, -0.05) is 0 Å². The van der Waals surface area contributed by atoms with Gasteiger partial charge in [0.15, 0.2) is 11.5 Å². The maximum Gasteiger partial charge on any atom is 0.240 e. The molecule has 0 radical (unpaired) electrons. The van der Waals surface area contributed by atoms with Gasteiger partial charge in [-0.2, -0.15) is 0 Å². The Morgan fingerprint density at radius 2 is 1.95 bits per heavy atom. The van der Waals surface area contributed by atoms with Crippen LogP contribution in [0.2, 0.25) is 0 Å². The summed E-state index contributed by atoms with van der Waals surface area (Å²) in [7, 11) is -3.69. The van der Waals surface area contributed by atoms with Gasteiger partial charge in [0.2, 0.25) is 10.0 Å². The molecule has 110 valence electrons. The summed E-state index contributed by atoms with van der Waals surface area (Å²) in [5.74, 6) is -0.315. The molecule has 0 unspecified atom stereocenters. The smallest absolute Gasteiger partial charge is 0.240 e. The Morgan fingerprint density at radius 3 is 2.65 bits per heavy atom. The zero-order valence-corrected chi connectivity index (χ0v) is 11.4. The zero-order valence-electron chi connectivity index (χ0n) is 10.6. The molecule has 2 rings (SSSR count). The van der Waals surface area contributed by atoms with Crippen molar-refractivity contribution in [2.45, 2.75) is 17.7 Å². The van der Waals surface area contributed by atoms with E-state index in [1.165, 1.54) is 18.2 Å². The van der Waals surface area contributed by atoms with Gasteiger partial charge in [0.25, 0.3) is 0 Å². The van der Waals surface area contributed by atoms with Crippen molar-refractivity contribution in [3.63, 3.8) is 0 Å². The van der Waals surface area contributed by atoms with Crippen LogP contribution < -0.4 is 19.3 Å². The van der Waals surface area contributed by atoms with E-state index in [1.807, 2.05) is 0 Å². The van der Waals surface area contributed by atoms with Crippen molar-refractivity contribution in [1.82, 2.24) is 4.72 Å². The van der Waals surface area contributed by atoms with Gasteiger partial charge in [0.1, 0.15) is 13.2 Å². The number of sulfonamides is 1. The average Bonchev–Trinajstić information content (AvgIpc) is 2.43. The summed E-state index contributed by atoms with van der Waals surface area (Å²) in [6.45, 7) is 0.834. The van der Waals surface area contributed by atoms with Crippen LogP contribution in [0.1, 0.15) is 12.8 Å². The highest BCUT2D eigenvalue weighted by molar-refractivity contribution is 7.89. The van der Waals surface area contributed by atoms with Crippen LogP contribution in [-0.4, -0.2) is 34.1 Å². The van der Waals surface area contributed by atoms with Crippen molar-refractivity contribution < 1.29 is 27.8 Å². The Balaban J connectivity index is 2.03. The third kappa shape index (κ3) is 3.61. The zero-order chi connectivity index (χ0) is 14.6. The van der Waals surface area contributed by atoms with Gasteiger partial charge >= 0.3 is 0 Å². The van der Waals surface area contributed by atoms with E-state index in [2.05, 4.69) is 4.72 Å². The van der Waals surface area contributed by atoms with Crippen LogP contribution in [0.5, 0.6) is 11.5 Å². The van der Waals surface area contributed by atoms with E-state index in [4.69, 9.17) is 9.47 Å². The van der Waals surface area contributed by atoms with E-state index >= 15 is 0 Å². The Morgan fingerprint density at radius 1 is 1.25 bits per heavy atom. The summed E-state index contributed by atoms with van der Waals surface area (Å²) in [5, 5.41) is 10.2. The molecule has 0 bridgehead atoms. The van der Waals surface area contributed by atoms with Gasteiger partial charge in [-0.05, 0) is 25.0 Å². The first-order valence-electron chi connectivity index (χ1n) is 6.08. The second-order valence-electron chi connectivity index (χ2n) is 4.18. The van der Waals surface area contributed by atoms with Gasteiger partial charge in [-0.3, -0.25) is 0 Å². The number of benzene rings is 1. The number of fused-ring (bicyclic) bond motifs is 1. The molecule has 0 atom stereocenters. The molecule has 0 fully saturated rings. The monoisotopic (exact) mass is 300 g/mol. The van der Waals surface area contributed by atoms with Gasteiger partial charge in [-0.25, -0.2) is 13.1 Å². The fourth-order valence-electron chi connectivity index (χ4n) is 1.71. The fourth-order valence-corrected chi connectivity index (χ4v) is 2.80. The van der Waals surface area contributed by atoms with Crippen molar-refractivity contribution in [2.24, 2.45) is 0 Å². The number of rotatable bonds is 6. The molecule has 0 saturated carbocycles. The number of carboxylic acids is 1. The Hall–Kier alpha value is -1.80. The van der Waals surface area contributed by atoms with E-state index in [-0.39, 0.29) is 24.3 Å². The van der Waals surface area contributed by atoms with E-state index in [1.54, 1.807) is 0 Å². The molecule has 1 aliphatic heterocycles. The van der Waals surface area contributed by atoms with E-state index in [9.17, 15) is 18.3 Å². The van der Waals surface area contributed by atoms with Crippen molar-refractivity contribution in [2.75, 3.05) is 19.8 Å². The number of carboxylic acid groups (broad SMARTS) is 1. The number of carbonyl (C=O) groups is 1. The molecule has 0 spiro atoms. The van der Waals surface area contributed by atoms with Crippen LogP contribution in [0.15, 0.2) is 23.1 Å². The molecule has 0 aromatic heterocycles. The highest BCUT2D eigenvalue weighted by Crippen LogP contribution is 2.32. The van der Waals surface area contributed by atoms with Crippen LogP contribution in [0.3, 0.4) is 0 Å². The Bertz CT molecular complexity index is 598. The van der Waals surface area contributed by atoms with Crippen LogP contribution in [0, 0.1) is 0 Å². The minimum absolute atomic E-state index is 0.0325. The summed E-state index contributed by atoms with van der Waals surface area (Å²) in [5.41, 5.74) is 0. The number of hydrogen-bond acceptors (Lipinski definition) is 6. The molecular weight excluding hydrogens is 286 g/mol. The van der Waals surface area contributed by atoms with Crippen LogP contribution in [0.25, 0.3) is 0 Å². The number of carbonyl (C=O) groups excluding carboxylic acids is 1. The molecule has 20 heavy (non-hydrogen) atoms. The van der Waals surface area contributed by atoms with Crippen LogP contribution >= 0.6 is 0 Å². The van der Waals surface area contributed by atoms with Gasteiger partial charge in [0, 0.05) is 18.6 Å². The maximum absolute atomic E-state index is 12.0. The molecule has 0 saturated heterocycles. The quantitative estimate of drug-likeness (QED) is 0.694. The highest BCUT2D eigenvalue weighted by Gasteiger charge is 2.18. The maximum atomic E-state index is 12.0. The molecule has 1 N–H and O–H groups in total. The lowest BCUT2D eigenvalue weighted by atomic mass is 10.3. The molecule has 1 aliphatic rings. The lowest BCUT2D eigenvalue weighted by molar-refractivity contribution is -0.305. The van der Waals surface area contributed by atoms with Crippen molar-refractivity contribution in [3.05, 3.63) is 18.2 Å². The summed E-state index contributed by atoms with van der Waals surface area (Å²) in [4.78, 5) is 10.3. The average molecular weight is 300 g/mol. The summed E-state index contributed by atoms with van der Waals surface area (Å²) >= 11 is 0. The standard InChI is InChI=1S/C12H15NO6S/c14-12(15)2-1-5-13-20(16,17)9-3-4-10-11(8-9)19-7-6-18-10/h3-4,8,13H,1-2,5-7H2,(H,14,15)/p-1. The Kier molecular flexibility index (Phi) is 4.46. The molecule has 1 aromatic carbocycles. The Labute approximate surface area is 116 Å². The largest absolute Gasteiger partial charge is 0.550 e. The van der Waals surface area contributed by atoms with E-state index in [0.717, 1.165) is 0 Å². The second kappa shape index (κ2) is 6.10. The van der Waals surface area contributed by atoms with Crippen molar-refractivity contribution >= 4 is 16.0 Å². The fraction of sp³-hybridized carbons (Fsp3) is 0.417. The molecule has 1 aromatic rings. The van der Waals surface area contributed by atoms with E-state index in [0.29, 0.717) is 24.7 Å². The molecule has 0 amide bonds. The minimum Gasteiger partial charge on any atom is -0.550 e. The number of aliphatic carboxylic acids is 1. The SMILES string of the molecule is O=C([O-])CCCNS(=O)(=O)c1ccc2c(c1)OCCO2. The third-order valence-electron chi connectivity index (χ3n) is 2.67. The lowest BCUT2D eigenvalue weighted by Crippen LogP contribution is -2.28. The first kappa shape index (κ1) is 14.6. The first-order valence-corrected chi connectivity index (χ1v) is 7.56. The predicted molar refractivity (Wildman–Crippen MR) is 66.9 cm³/mol. The predicted octanol–water partition coefficient (Wildman–Crippen LogP) is -0.734. The van der Waals surface area contributed by atoms with Crippen molar-refractivity contribution in [3.8, 4) is 11.5 Å². The van der Waals surface area contributed by atoms with Gasteiger partial charge in [0.05, 0.1) is 4.90 Å². The second-order valence-corrected chi connectivity index (χ2v) is 5.95. The number of nitrogens with one attached hydrogen (secondary N) is 1. The number of ether oxygens (including phenoxy) is 2. The minimum atomic E-state index is -3.69. The van der Waals surface area contributed by atoms with Gasteiger partial charge < -0.3 is 19.4 Å². The highest BCUT2D eigenvalue weighted by atomic mass is 32.2. The summed E-state index contributed by atoms with van der Waals surface area (Å²) < 4.78 is 36.9. The normalized spacial score (nSPS) is 14.0. The lowest BCUT2D eigenvalue weighted by Gasteiger charge is -2.18. The van der Waals surface area contributed by atoms with E-state index < -0.39 is 16.0 Å². The molecule has 8 heteroatoms. The van der Waals surface area contributed by atoms with Crippen LogP contribution in [0.4, 0.5) is 0 Å². The topological polar surface area (TPSA) is 105 Å². The summed E-state index contributed by atoms with van der Waals surface area (Å²) in [6.07, 6.45) is -0.0181. The molecule has 1 heterocycles. The molecular formula is C12H14NO6S-.